The van der Waals surface area contributed by atoms with Gasteiger partial charge >= 0.3 is 0 Å². The van der Waals surface area contributed by atoms with Crippen LogP contribution in [0.15, 0.2) is 24.3 Å². The molecule has 2 aliphatic heterocycles. The molecule has 0 aromatic heterocycles. The maximum Gasteiger partial charge on any atom is 0.223 e. The van der Waals surface area contributed by atoms with Gasteiger partial charge in [0.25, 0.3) is 0 Å². The highest BCUT2D eigenvalue weighted by molar-refractivity contribution is 5.76. The molecule has 1 aromatic carbocycles. The monoisotopic (exact) mass is 350 g/mol. The van der Waals surface area contributed by atoms with Crippen LogP contribution in [0, 0.1) is 5.82 Å². The number of benzene rings is 1. The van der Waals surface area contributed by atoms with Gasteiger partial charge in [0.15, 0.2) is 0 Å². The van der Waals surface area contributed by atoms with Gasteiger partial charge in [0, 0.05) is 19.5 Å². The van der Waals surface area contributed by atoms with Crippen LogP contribution in [0.3, 0.4) is 0 Å². The van der Waals surface area contributed by atoms with Crippen molar-refractivity contribution < 1.29 is 19.0 Å². The third-order valence-electron chi connectivity index (χ3n) is 4.95. The van der Waals surface area contributed by atoms with Crippen molar-refractivity contribution in [1.29, 1.82) is 0 Å². The minimum Gasteiger partial charge on any atom is -0.384 e. The van der Waals surface area contributed by atoms with Gasteiger partial charge in [-0.3, -0.25) is 4.79 Å². The van der Waals surface area contributed by atoms with Crippen LogP contribution in [0.5, 0.6) is 0 Å². The second-order valence-corrected chi connectivity index (χ2v) is 7.21. The Hall–Kier alpha value is -1.50. The molecule has 3 rings (SSSR count). The number of rotatable bonds is 5. The van der Waals surface area contributed by atoms with Crippen molar-refractivity contribution in [2.45, 2.75) is 31.3 Å². The summed E-state index contributed by atoms with van der Waals surface area (Å²) in [4.78, 5) is 16.5. The maximum absolute atomic E-state index is 13.2. The molecule has 0 bridgehead atoms. The molecule has 0 aliphatic carbocycles. The van der Waals surface area contributed by atoms with Crippen LogP contribution >= 0.6 is 0 Å². The second-order valence-electron chi connectivity index (χ2n) is 7.21. The maximum atomic E-state index is 13.2. The molecule has 1 unspecified atom stereocenters. The highest BCUT2D eigenvalue weighted by atomic mass is 19.1. The molecule has 2 fully saturated rings. The molecule has 1 amide bonds. The number of hydrogen-bond acceptors (Lipinski definition) is 4. The summed E-state index contributed by atoms with van der Waals surface area (Å²) >= 11 is 0. The molecule has 0 radical (unpaired) electrons. The Balaban J connectivity index is 1.56. The standard InChI is InChI=1S/C19H27FN2O3/c20-17-5-3-4-16(12-17)6-7-18(23)22-10-11-25-15-19(24,14-22)13-21-8-1-2-9-21/h3-5,12,24H,1-2,6-11,13-15H2. The van der Waals surface area contributed by atoms with Gasteiger partial charge in [-0.25, -0.2) is 4.39 Å². The quantitative estimate of drug-likeness (QED) is 0.873. The molecule has 1 aromatic rings. The lowest BCUT2D eigenvalue weighted by atomic mass is 10.0. The van der Waals surface area contributed by atoms with Crippen molar-refractivity contribution in [2.75, 3.05) is 45.9 Å². The van der Waals surface area contributed by atoms with Crippen LogP contribution in [-0.4, -0.2) is 72.4 Å². The van der Waals surface area contributed by atoms with E-state index in [4.69, 9.17) is 4.74 Å². The zero-order chi connectivity index (χ0) is 17.7. The van der Waals surface area contributed by atoms with Crippen molar-refractivity contribution >= 4 is 5.91 Å². The van der Waals surface area contributed by atoms with Crippen LogP contribution in [-0.2, 0) is 16.0 Å². The predicted octanol–water partition coefficient (Wildman–Crippen LogP) is 1.44. The largest absolute Gasteiger partial charge is 0.384 e. The lowest BCUT2D eigenvalue weighted by Crippen LogP contribution is -2.53. The first-order valence-corrected chi connectivity index (χ1v) is 9.09. The van der Waals surface area contributed by atoms with E-state index in [9.17, 15) is 14.3 Å². The first-order valence-electron chi connectivity index (χ1n) is 9.09. The number of carbonyl (C=O) groups excluding carboxylic acids is 1. The summed E-state index contributed by atoms with van der Waals surface area (Å²) in [5.41, 5.74) is -0.207. The zero-order valence-corrected chi connectivity index (χ0v) is 14.6. The molecule has 2 aliphatic rings. The average Bonchev–Trinajstić information content (AvgIpc) is 3.00. The number of nitrogens with zero attached hydrogens (tertiary/aromatic N) is 2. The van der Waals surface area contributed by atoms with Gasteiger partial charge in [-0.1, -0.05) is 12.1 Å². The van der Waals surface area contributed by atoms with E-state index < -0.39 is 5.60 Å². The van der Waals surface area contributed by atoms with E-state index in [1.165, 1.54) is 12.1 Å². The normalized spacial score (nSPS) is 25.1. The lowest BCUT2D eigenvalue weighted by Gasteiger charge is -2.34. The fourth-order valence-electron chi connectivity index (χ4n) is 3.68. The smallest absolute Gasteiger partial charge is 0.223 e. The Bertz CT molecular complexity index is 592. The van der Waals surface area contributed by atoms with Gasteiger partial charge in [0.2, 0.25) is 5.91 Å². The first-order chi connectivity index (χ1) is 12.0. The number of β-amino-alcohol motifs (C(OH)–C–C–N with tert-alkyl or cyclic N) is 1. The molecule has 138 valence electrons. The Morgan fingerprint density at radius 3 is 2.84 bits per heavy atom. The minimum atomic E-state index is -1.02. The highest BCUT2D eigenvalue weighted by Crippen LogP contribution is 2.19. The molecule has 5 nitrogen and oxygen atoms in total. The van der Waals surface area contributed by atoms with Crippen molar-refractivity contribution in [3.63, 3.8) is 0 Å². The fraction of sp³-hybridized carbons (Fsp3) is 0.632. The summed E-state index contributed by atoms with van der Waals surface area (Å²) in [6, 6.07) is 6.34. The van der Waals surface area contributed by atoms with Gasteiger partial charge in [-0.05, 0) is 50.0 Å². The second kappa shape index (κ2) is 8.25. The molecule has 2 saturated heterocycles. The SMILES string of the molecule is O=C(CCc1cccc(F)c1)N1CCOCC(O)(CN2CCCC2)C1. The third-order valence-corrected chi connectivity index (χ3v) is 4.95. The number of halogens is 1. The van der Waals surface area contributed by atoms with Crippen molar-refractivity contribution in [3.8, 4) is 0 Å². The van der Waals surface area contributed by atoms with Crippen molar-refractivity contribution in [2.24, 2.45) is 0 Å². The van der Waals surface area contributed by atoms with Crippen LogP contribution in [0.2, 0.25) is 0 Å². The van der Waals surface area contributed by atoms with E-state index >= 15 is 0 Å². The Morgan fingerprint density at radius 2 is 2.08 bits per heavy atom. The summed E-state index contributed by atoms with van der Waals surface area (Å²) in [6.45, 7) is 4.02. The molecular formula is C19H27FN2O3. The van der Waals surface area contributed by atoms with Crippen LogP contribution in [0.1, 0.15) is 24.8 Å². The predicted molar refractivity (Wildman–Crippen MR) is 92.7 cm³/mol. The number of amides is 1. The fourth-order valence-corrected chi connectivity index (χ4v) is 3.68. The first kappa shape index (κ1) is 18.3. The van der Waals surface area contributed by atoms with E-state index in [0.717, 1.165) is 31.5 Å². The summed E-state index contributed by atoms with van der Waals surface area (Å²) < 4.78 is 18.8. The van der Waals surface area contributed by atoms with Gasteiger partial charge < -0.3 is 19.6 Å². The van der Waals surface area contributed by atoms with Gasteiger partial charge in [0.05, 0.1) is 19.8 Å². The number of carbonyl (C=O) groups is 1. The van der Waals surface area contributed by atoms with Crippen LogP contribution in [0.4, 0.5) is 4.39 Å². The van der Waals surface area contributed by atoms with Gasteiger partial charge in [0.1, 0.15) is 11.4 Å². The van der Waals surface area contributed by atoms with Crippen molar-refractivity contribution in [3.05, 3.63) is 35.6 Å². The van der Waals surface area contributed by atoms with E-state index in [-0.39, 0.29) is 18.3 Å². The average molecular weight is 350 g/mol. The molecule has 6 heteroatoms. The van der Waals surface area contributed by atoms with Crippen LogP contribution in [0.25, 0.3) is 0 Å². The highest BCUT2D eigenvalue weighted by Gasteiger charge is 2.36. The Morgan fingerprint density at radius 1 is 1.28 bits per heavy atom. The summed E-state index contributed by atoms with van der Waals surface area (Å²) in [6.07, 6.45) is 3.13. The molecule has 25 heavy (non-hydrogen) atoms. The van der Waals surface area contributed by atoms with Crippen LogP contribution < -0.4 is 0 Å². The number of likely N-dealkylation sites (tertiary alicyclic amines) is 1. The molecule has 0 spiro atoms. The van der Waals surface area contributed by atoms with E-state index in [0.29, 0.717) is 39.1 Å². The topological polar surface area (TPSA) is 53.0 Å². The number of aliphatic hydroxyl groups is 1. The minimum absolute atomic E-state index is 0.0189. The third kappa shape index (κ3) is 5.23. The van der Waals surface area contributed by atoms with E-state index in [2.05, 4.69) is 4.90 Å². The van der Waals surface area contributed by atoms with Gasteiger partial charge in [-0.15, -0.1) is 0 Å². The van der Waals surface area contributed by atoms with E-state index in [1.54, 1.807) is 11.0 Å². The molecule has 0 saturated carbocycles. The number of ether oxygens (including phenoxy) is 1. The molecule has 2 heterocycles. The number of aryl methyl sites for hydroxylation is 1. The summed E-state index contributed by atoms with van der Waals surface area (Å²) in [7, 11) is 0. The van der Waals surface area contributed by atoms with Crippen molar-refractivity contribution in [1.82, 2.24) is 9.80 Å². The Labute approximate surface area is 148 Å². The molecule has 1 N–H and O–H groups in total. The Kier molecular flexibility index (Phi) is 6.04. The molecule has 1 atom stereocenters. The lowest BCUT2D eigenvalue weighted by molar-refractivity contribution is -0.134. The van der Waals surface area contributed by atoms with Gasteiger partial charge in [-0.2, -0.15) is 0 Å². The summed E-state index contributed by atoms with van der Waals surface area (Å²) in [5, 5.41) is 10.9. The number of hydrogen-bond donors (Lipinski definition) is 1. The summed E-state index contributed by atoms with van der Waals surface area (Å²) in [5.74, 6) is -0.303. The zero-order valence-electron chi connectivity index (χ0n) is 14.6. The van der Waals surface area contributed by atoms with E-state index in [1.807, 2.05) is 6.07 Å². The molecular weight excluding hydrogens is 323 g/mol.